The van der Waals surface area contributed by atoms with Crippen LogP contribution in [-0.2, 0) is 19.1 Å². The van der Waals surface area contributed by atoms with Gasteiger partial charge >= 0.3 is 0 Å². The lowest BCUT2D eigenvalue weighted by Gasteiger charge is -2.35. The molecule has 4 aliphatic rings. The van der Waals surface area contributed by atoms with E-state index in [4.69, 9.17) is 14.2 Å². The summed E-state index contributed by atoms with van der Waals surface area (Å²) in [7, 11) is 0. The maximum atomic E-state index is 13.7. The molecule has 0 radical (unpaired) electrons. The minimum atomic E-state index is -0.386. The summed E-state index contributed by atoms with van der Waals surface area (Å²) in [5, 5.41) is 0. The summed E-state index contributed by atoms with van der Waals surface area (Å²) < 4.78 is 17.5. The number of Topliss-reactive ketones (excluding diaryl/α,β-unsaturated/α-hetero) is 1. The number of carbonyl (C=O) groups excluding carboxylic acids is 2. The van der Waals surface area contributed by atoms with Crippen LogP contribution < -0.4 is 4.74 Å². The Balaban J connectivity index is 1.39. The third kappa shape index (κ3) is 4.60. The summed E-state index contributed by atoms with van der Waals surface area (Å²) in [6.45, 7) is 7.63. The first kappa shape index (κ1) is 23.4. The fourth-order valence-electron chi connectivity index (χ4n) is 5.73. The summed E-state index contributed by atoms with van der Waals surface area (Å²) in [5.41, 5.74) is 1.52. The molecule has 1 aromatic rings. The number of nitrogens with zero attached hydrogens (tertiary/aromatic N) is 2. The number of rotatable bonds is 8. The molecule has 184 valence electrons. The van der Waals surface area contributed by atoms with Gasteiger partial charge in [-0.1, -0.05) is 25.5 Å². The number of amides is 1. The van der Waals surface area contributed by atoms with Crippen LogP contribution >= 0.6 is 0 Å². The van der Waals surface area contributed by atoms with Gasteiger partial charge in [-0.3, -0.25) is 14.5 Å². The Labute approximate surface area is 202 Å². The molecule has 3 atom stereocenters. The van der Waals surface area contributed by atoms with Gasteiger partial charge in [-0.2, -0.15) is 0 Å². The van der Waals surface area contributed by atoms with Crippen molar-refractivity contribution in [3.8, 4) is 5.75 Å². The zero-order valence-corrected chi connectivity index (χ0v) is 20.2. The van der Waals surface area contributed by atoms with Gasteiger partial charge < -0.3 is 19.1 Å². The Hall–Kier alpha value is -2.38. The Bertz CT molecular complexity index is 921. The maximum absolute atomic E-state index is 13.7. The molecule has 3 aliphatic heterocycles. The molecule has 0 spiro atoms. The van der Waals surface area contributed by atoms with Crippen LogP contribution in [0.1, 0.15) is 57.1 Å². The average Bonchev–Trinajstić information content (AvgIpc) is 3.15. The second-order valence-corrected chi connectivity index (χ2v) is 9.78. The first-order valence-corrected chi connectivity index (χ1v) is 13.0. The highest BCUT2D eigenvalue weighted by atomic mass is 16.5. The monoisotopic (exact) mass is 468 g/mol. The fourth-order valence-corrected chi connectivity index (χ4v) is 5.73. The number of ketones is 1. The van der Waals surface area contributed by atoms with E-state index in [-0.39, 0.29) is 29.8 Å². The number of fused-ring (bicyclic) bond motifs is 1. The standard InChI is InChI=1S/C27H36N2O5/c1-2-16-33-20-10-8-19(9-11-20)24-23-25(30)21-6-3-4-7-22(21)34-26(23)27(31)29(24)13-5-12-28-14-17-32-18-15-28/h8-11,21-22,24H,2-7,12-18H2,1H3. The molecule has 0 bridgehead atoms. The molecule has 0 N–H and O–H groups in total. The highest BCUT2D eigenvalue weighted by Gasteiger charge is 2.51. The van der Waals surface area contributed by atoms with E-state index in [1.165, 1.54) is 0 Å². The van der Waals surface area contributed by atoms with Gasteiger partial charge in [-0.05, 0) is 49.8 Å². The van der Waals surface area contributed by atoms with Crippen molar-refractivity contribution < 1.29 is 23.8 Å². The normalized spacial score (nSPS) is 27.4. The molecule has 1 amide bonds. The third-order valence-electron chi connectivity index (χ3n) is 7.50. The molecule has 1 saturated heterocycles. The van der Waals surface area contributed by atoms with Crippen molar-refractivity contribution in [2.24, 2.45) is 5.92 Å². The van der Waals surface area contributed by atoms with Crippen LogP contribution in [0.25, 0.3) is 0 Å². The van der Waals surface area contributed by atoms with Crippen molar-refractivity contribution in [2.45, 2.75) is 57.6 Å². The highest BCUT2D eigenvalue weighted by molar-refractivity contribution is 6.11. The molecule has 5 rings (SSSR count). The largest absolute Gasteiger partial charge is 0.494 e. The van der Waals surface area contributed by atoms with Crippen molar-refractivity contribution in [3.63, 3.8) is 0 Å². The number of carbonyl (C=O) groups is 2. The van der Waals surface area contributed by atoms with Crippen molar-refractivity contribution in [1.82, 2.24) is 9.80 Å². The second-order valence-electron chi connectivity index (χ2n) is 9.78. The van der Waals surface area contributed by atoms with Crippen LogP contribution in [0, 0.1) is 5.92 Å². The third-order valence-corrected chi connectivity index (χ3v) is 7.50. The number of hydrogen-bond donors (Lipinski definition) is 0. The van der Waals surface area contributed by atoms with Crippen molar-refractivity contribution in [3.05, 3.63) is 41.2 Å². The minimum Gasteiger partial charge on any atom is -0.494 e. The van der Waals surface area contributed by atoms with Gasteiger partial charge in [-0.25, -0.2) is 0 Å². The zero-order valence-electron chi connectivity index (χ0n) is 20.2. The molecular weight excluding hydrogens is 432 g/mol. The van der Waals surface area contributed by atoms with E-state index in [1.54, 1.807) is 0 Å². The molecule has 7 heteroatoms. The van der Waals surface area contributed by atoms with E-state index in [2.05, 4.69) is 11.8 Å². The number of ether oxygens (including phenoxy) is 3. The molecular formula is C27H36N2O5. The average molecular weight is 469 g/mol. The van der Waals surface area contributed by atoms with Crippen LogP contribution in [0.4, 0.5) is 0 Å². The minimum absolute atomic E-state index is 0.117. The summed E-state index contributed by atoms with van der Waals surface area (Å²) in [6, 6.07) is 7.49. The Morgan fingerprint density at radius 1 is 1.03 bits per heavy atom. The highest BCUT2D eigenvalue weighted by Crippen LogP contribution is 2.46. The Morgan fingerprint density at radius 2 is 1.79 bits per heavy atom. The van der Waals surface area contributed by atoms with E-state index in [0.717, 1.165) is 82.7 Å². The first-order chi connectivity index (χ1) is 16.7. The Morgan fingerprint density at radius 3 is 2.56 bits per heavy atom. The van der Waals surface area contributed by atoms with Crippen LogP contribution in [0.2, 0.25) is 0 Å². The molecule has 1 aliphatic carbocycles. The summed E-state index contributed by atoms with van der Waals surface area (Å²) >= 11 is 0. The van der Waals surface area contributed by atoms with Gasteiger partial charge in [-0.15, -0.1) is 0 Å². The lowest BCUT2D eigenvalue weighted by molar-refractivity contribution is -0.135. The number of hydrogen-bond acceptors (Lipinski definition) is 6. The molecule has 7 nitrogen and oxygen atoms in total. The summed E-state index contributed by atoms with van der Waals surface area (Å²) in [4.78, 5) is 31.5. The van der Waals surface area contributed by atoms with E-state index in [9.17, 15) is 9.59 Å². The summed E-state index contributed by atoms with van der Waals surface area (Å²) in [6.07, 6.45) is 5.44. The smallest absolute Gasteiger partial charge is 0.290 e. The molecule has 34 heavy (non-hydrogen) atoms. The maximum Gasteiger partial charge on any atom is 0.290 e. The van der Waals surface area contributed by atoms with Gasteiger partial charge in [0.05, 0.1) is 37.4 Å². The number of morpholine rings is 1. The van der Waals surface area contributed by atoms with Gasteiger partial charge in [0.2, 0.25) is 0 Å². The quantitative estimate of drug-likeness (QED) is 0.582. The van der Waals surface area contributed by atoms with Gasteiger partial charge in [0, 0.05) is 26.2 Å². The Kier molecular flexibility index (Phi) is 7.21. The molecule has 3 heterocycles. The van der Waals surface area contributed by atoms with E-state index in [0.29, 0.717) is 24.5 Å². The zero-order chi connectivity index (χ0) is 23.5. The van der Waals surface area contributed by atoms with E-state index in [1.807, 2.05) is 29.2 Å². The molecule has 3 unspecified atom stereocenters. The molecule has 1 saturated carbocycles. The SMILES string of the molecule is CCCOc1ccc(C2C3=C(OC4CCCCC4C3=O)C(=O)N2CCCN2CCOCC2)cc1. The van der Waals surface area contributed by atoms with Crippen LogP contribution in [0.5, 0.6) is 5.75 Å². The van der Waals surface area contributed by atoms with Crippen molar-refractivity contribution >= 4 is 11.7 Å². The predicted molar refractivity (Wildman–Crippen MR) is 127 cm³/mol. The van der Waals surface area contributed by atoms with Crippen molar-refractivity contribution in [1.29, 1.82) is 0 Å². The number of benzene rings is 1. The lowest BCUT2D eigenvalue weighted by Crippen LogP contribution is -2.39. The molecule has 2 fully saturated rings. The van der Waals surface area contributed by atoms with Crippen LogP contribution in [0.3, 0.4) is 0 Å². The lowest BCUT2D eigenvalue weighted by atomic mass is 9.77. The summed E-state index contributed by atoms with van der Waals surface area (Å²) in [5.74, 6) is 0.970. The molecule has 0 aromatic heterocycles. The van der Waals surface area contributed by atoms with Gasteiger partial charge in [0.1, 0.15) is 11.9 Å². The fraction of sp³-hybridized carbons (Fsp3) is 0.630. The van der Waals surface area contributed by atoms with Gasteiger partial charge in [0.15, 0.2) is 11.5 Å². The van der Waals surface area contributed by atoms with Gasteiger partial charge in [0.25, 0.3) is 5.91 Å². The van der Waals surface area contributed by atoms with Crippen LogP contribution in [-0.4, -0.2) is 73.6 Å². The molecule has 1 aromatic carbocycles. The first-order valence-electron chi connectivity index (χ1n) is 13.0. The van der Waals surface area contributed by atoms with Crippen molar-refractivity contribution in [2.75, 3.05) is 46.0 Å². The topological polar surface area (TPSA) is 68.3 Å². The van der Waals surface area contributed by atoms with E-state index < -0.39 is 0 Å². The van der Waals surface area contributed by atoms with E-state index >= 15 is 0 Å². The van der Waals surface area contributed by atoms with Crippen LogP contribution in [0.15, 0.2) is 35.6 Å². The second kappa shape index (κ2) is 10.5. The predicted octanol–water partition coefficient (Wildman–Crippen LogP) is 3.49.